The number of fused-ring (bicyclic) bond motifs is 2. The van der Waals surface area contributed by atoms with Gasteiger partial charge in [0.2, 0.25) is 0 Å². The summed E-state index contributed by atoms with van der Waals surface area (Å²) in [5.74, 6) is 0.903. The first-order chi connectivity index (χ1) is 10.3. The fraction of sp³-hybridized carbons (Fsp3) is 0.158. The van der Waals surface area contributed by atoms with Crippen molar-refractivity contribution in [3.05, 3.63) is 71.8 Å². The van der Waals surface area contributed by atoms with Gasteiger partial charge < -0.3 is 10.1 Å². The topological polar surface area (TPSA) is 21.3 Å². The van der Waals surface area contributed by atoms with Crippen molar-refractivity contribution < 1.29 is 4.74 Å². The minimum atomic E-state index is 0.332. The monoisotopic (exact) mass is 275 g/mol. The second-order valence-electron chi connectivity index (χ2n) is 5.49. The maximum Gasteiger partial charge on any atom is 0.120 e. The number of hydrogen-bond acceptors (Lipinski definition) is 2. The Labute approximate surface area is 124 Å². The summed E-state index contributed by atoms with van der Waals surface area (Å²) in [7, 11) is 1.71. The molecule has 0 amide bonds. The van der Waals surface area contributed by atoms with Crippen LogP contribution in [-0.4, -0.2) is 7.11 Å². The number of nitrogens with one attached hydrogen (secondary N) is 1. The maximum absolute atomic E-state index is 5.31. The van der Waals surface area contributed by atoms with E-state index in [4.69, 9.17) is 4.74 Å². The number of methoxy groups -OCH3 is 1. The molecule has 2 nitrogen and oxygen atoms in total. The SMILES string of the molecule is COc1ccc2c(c1)NC(c1cccc3ccccc13)C2. The van der Waals surface area contributed by atoms with E-state index in [9.17, 15) is 0 Å². The summed E-state index contributed by atoms with van der Waals surface area (Å²) in [6, 6.07) is 21.7. The molecule has 1 N–H and O–H groups in total. The predicted molar refractivity (Wildman–Crippen MR) is 87.0 cm³/mol. The fourth-order valence-electron chi connectivity index (χ4n) is 3.20. The van der Waals surface area contributed by atoms with Crippen molar-refractivity contribution in [2.75, 3.05) is 12.4 Å². The molecule has 0 aromatic heterocycles. The molecule has 4 rings (SSSR count). The summed E-state index contributed by atoms with van der Waals surface area (Å²) < 4.78 is 5.31. The van der Waals surface area contributed by atoms with E-state index in [1.54, 1.807) is 7.11 Å². The number of rotatable bonds is 2. The van der Waals surface area contributed by atoms with Gasteiger partial charge in [-0.3, -0.25) is 0 Å². The molecule has 2 heteroatoms. The van der Waals surface area contributed by atoms with Crippen LogP contribution in [0.3, 0.4) is 0 Å². The quantitative estimate of drug-likeness (QED) is 0.740. The smallest absolute Gasteiger partial charge is 0.120 e. The number of anilines is 1. The first-order valence-corrected chi connectivity index (χ1v) is 7.26. The predicted octanol–water partition coefficient (Wildman–Crippen LogP) is 4.56. The van der Waals surface area contributed by atoms with E-state index in [1.807, 2.05) is 6.07 Å². The van der Waals surface area contributed by atoms with Crippen LogP contribution in [0.2, 0.25) is 0 Å². The van der Waals surface area contributed by atoms with Crippen molar-refractivity contribution in [3.63, 3.8) is 0 Å². The van der Waals surface area contributed by atoms with Crippen molar-refractivity contribution in [1.29, 1.82) is 0 Å². The molecule has 104 valence electrons. The summed E-state index contributed by atoms with van der Waals surface area (Å²) in [5.41, 5.74) is 3.91. The van der Waals surface area contributed by atoms with Crippen LogP contribution in [0, 0.1) is 0 Å². The Morgan fingerprint density at radius 2 is 1.86 bits per heavy atom. The highest BCUT2D eigenvalue weighted by atomic mass is 16.5. The third-order valence-corrected chi connectivity index (χ3v) is 4.27. The molecule has 0 spiro atoms. The van der Waals surface area contributed by atoms with Gasteiger partial charge in [-0.15, -0.1) is 0 Å². The van der Waals surface area contributed by atoms with E-state index < -0.39 is 0 Å². The molecule has 1 aliphatic rings. The molecular weight excluding hydrogens is 258 g/mol. The van der Waals surface area contributed by atoms with E-state index in [0.29, 0.717) is 6.04 Å². The molecule has 0 saturated carbocycles. The van der Waals surface area contributed by atoms with E-state index >= 15 is 0 Å². The van der Waals surface area contributed by atoms with Crippen LogP contribution in [0.1, 0.15) is 17.2 Å². The number of benzene rings is 3. The lowest BCUT2D eigenvalue weighted by molar-refractivity contribution is 0.415. The van der Waals surface area contributed by atoms with Crippen molar-refractivity contribution >= 4 is 16.5 Å². The molecule has 0 aliphatic carbocycles. The van der Waals surface area contributed by atoms with Gasteiger partial charge in [-0.05, 0) is 34.4 Å². The summed E-state index contributed by atoms with van der Waals surface area (Å²) in [6.07, 6.45) is 1.02. The number of hydrogen-bond donors (Lipinski definition) is 1. The minimum Gasteiger partial charge on any atom is -0.497 e. The van der Waals surface area contributed by atoms with Gasteiger partial charge in [-0.2, -0.15) is 0 Å². The molecule has 3 aromatic rings. The lowest BCUT2D eigenvalue weighted by Gasteiger charge is -2.14. The van der Waals surface area contributed by atoms with Crippen LogP contribution in [0.25, 0.3) is 10.8 Å². The van der Waals surface area contributed by atoms with Gasteiger partial charge in [-0.1, -0.05) is 48.5 Å². The Morgan fingerprint density at radius 1 is 1.00 bits per heavy atom. The molecule has 1 atom stereocenters. The average Bonchev–Trinajstić information content (AvgIpc) is 2.97. The summed E-state index contributed by atoms with van der Waals surface area (Å²) in [5, 5.41) is 6.27. The molecule has 0 fully saturated rings. The zero-order chi connectivity index (χ0) is 14.2. The largest absolute Gasteiger partial charge is 0.497 e. The second-order valence-corrected chi connectivity index (χ2v) is 5.49. The van der Waals surface area contributed by atoms with E-state index in [-0.39, 0.29) is 0 Å². The normalized spacial score (nSPS) is 16.5. The van der Waals surface area contributed by atoms with Crippen molar-refractivity contribution in [1.82, 2.24) is 0 Å². The first kappa shape index (κ1) is 12.3. The zero-order valence-corrected chi connectivity index (χ0v) is 12.0. The first-order valence-electron chi connectivity index (χ1n) is 7.26. The van der Waals surface area contributed by atoms with Gasteiger partial charge in [0.05, 0.1) is 13.2 Å². The van der Waals surface area contributed by atoms with Crippen molar-refractivity contribution in [3.8, 4) is 5.75 Å². The second kappa shape index (κ2) is 4.81. The summed E-state index contributed by atoms with van der Waals surface area (Å²) in [4.78, 5) is 0. The van der Waals surface area contributed by atoms with Crippen LogP contribution in [0.5, 0.6) is 5.75 Å². The third kappa shape index (κ3) is 2.04. The highest BCUT2D eigenvalue weighted by Gasteiger charge is 2.23. The summed E-state index contributed by atoms with van der Waals surface area (Å²) >= 11 is 0. The Morgan fingerprint density at radius 3 is 2.76 bits per heavy atom. The van der Waals surface area contributed by atoms with Crippen LogP contribution >= 0.6 is 0 Å². The molecule has 1 heterocycles. The van der Waals surface area contributed by atoms with E-state index in [2.05, 4.69) is 59.9 Å². The van der Waals surface area contributed by atoms with Crippen LogP contribution in [-0.2, 0) is 6.42 Å². The van der Waals surface area contributed by atoms with E-state index in [1.165, 1.54) is 27.6 Å². The maximum atomic E-state index is 5.31. The molecule has 1 aliphatic heterocycles. The molecule has 21 heavy (non-hydrogen) atoms. The van der Waals surface area contributed by atoms with Gasteiger partial charge in [0, 0.05) is 11.8 Å². The third-order valence-electron chi connectivity index (χ3n) is 4.27. The van der Waals surface area contributed by atoms with Crippen LogP contribution in [0.4, 0.5) is 5.69 Å². The lowest BCUT2D eigenvalue weighted by atomic mass is 9.97. The molecule has 3 aromatic carbocycles. The molecular formula is C19H17NO. The van der Waals surface area contributed by atoms with Gasteiger partial charge >= 0.3 is 0 Å². The van der Waals surface area contributed by atoms with E-state index in [0.717, 1.165) is 12.2 Å². The molecule has 1 unspecified atom stereocenters. The van der Waals surface area contributed by atoms with Crippen LogP contribution in [0.15, 0.2) is 60.7 Å². The molecule has 0 bridgehead atoms. The Hall–Kier alpha value is -2.48. The summed E-state index contributed by atoms with van der Waals surface area (Å²) in [6.45, 7) is 0. The van der Waals surface area contributed by atoms with Crippen molar-refractivity contribution in [2.45, 2.75) is 12.5 Å². The highest BCUT2D eigenvalue weighted by Crippen LogP contribution is 2.38. The van der Waals surface area contributed by atoms with Gasteiger partial charge in [-0.25, -0.2) is 0 Å². The Balaban J connectivity index is 1.75. The Bertz CT molecular complexity index is 804. The Kier molecular flexibility index (Phi) is 2.81. The fourth-order valence-corrected chi connectivity index (χ4v) is 3.20. The van der Waals surface area contributed by atoms with Gasteiger partial charge in [0.25, 0.3) is 0 Å². The lowest BCUT2D eigenvalue weighted by Crippen LogP contribution is -2.06. The van der Waals surface area contributed by atoms with Gasteiger partial charge in [0.15, 0.2) is 0 Å². The highest BCUT2D eigenvalue weighted by molar-refractivity contribution is 5.86. The zero-order valence-electron chi connectivity index (χ0n) is 12.0. The number of ether oxygens (including phenoxy) is 1. The molecule has 0 radical (unpaired) electrons. The molecule has 0 saturated heterocycles. The van der Waals surface area contributed by atoms with Gasteiger partial charge in [0.1, 0.15) is 5.75 Å². The minimum absolute atomic E-state index is 0.332. The van der Waals surface area contributed by atoms with Crippen LogP contribution < -0.4 is 10.1 Å². The van der Waals surface area contributed by atoms with Crippen molar-refractivity contribution in [2.24, 2.45) is 0 Å². The standard InChI is InChI=1S/C19H17NO/c1-21-15-10-9-14-11-19(20-18(14)12-15)17-8-4-6-13-5-2-3-7-16(13)17/h2-10,12,19-20H,11H2,1H3. The average molecular weight is 275 g/mol.